The van der Waals surface area contributed by atoms with Gasteiger partial charge in [0, 0.05) is 33.0 Å². The van der Waals surface area contributed by atoms with Crippen molar-refractivity contribution in [3.8, 4) is 22.4 Å². The highest BCUT2D eigenvalue weighted by Crippen LogP contribution is 2.45. The first-order valence-electron chi connectivity index (χ1n) is 8.18. The molecular weight excluding hydrogens is 385 g/mol. The molecule has 0 spiro atoms. The van der Waals surface area contributed by atoms with E-state index in [2.05, 4.69) is 30.3 Å². The van der Waals surface area contributed by atoms with Crippen molar-refractivity contribution in [3.05, 3.63) is 87.9 Å². The fourth-order valence-corrected chi connectivity index (χ4v) is 4.14. The maximum Gasteiger partial charge on any atom is 0.0754 e. The molecule has 0 fully saturated rings. The van der Waals surface area contributed by atoms with E-state index in [9.17, 15) is 0 Å². The molecule has 0 bridgehead atoms. The molecule has 0 N–H and O–H groups in total. The fraction of sp³-hybridized carbons (Fsp3) is 0.0455. The second-order valence-electron chi connectivity index (χ2n) is 6.29. The number of hydrogen-bond acceptors (Lipinski definition) is 1. The Kier molecular flexibility index (Phi) is 4.40. The number of pyridine rings is 1. The molecule has 4 aromatic rings. The minimum Gasteiger partial charge on any atom is -0.247 e. The zero-order chi connectivity index (χ0) is 17.0. The lowest BCUT2D eigenvalue weighted by atomic mass is 9.94. The molecule has 3 aromatic carbocycles. The molecule has 0 saturated carbocycles. The molecule has 1 heterocycles. The van der Waals surface area contributed by atoms with E-state index in [4.69, 9.17) is 28.2 Å². The van der Waals surface area contributed by atoms with Gasteiger partial charge in [-0.15, -0.1) is 12.4 Å². The summed E-state index contributed by atoms with van der Waals surface area (Å²) < 4.78 is 0. The summed E-state index contributed by atoms with van der Waals surface area (Å²) in [5, 5.41) is 2.50. The lowest BCUT2D eigenvalue weighted by Gasteiger charge is -2.14. The zero-order valence-electron chi connectivity index (χ0n) is 13.7. The van der Waals surface area contributed by atoms with Crippen molar-refractivity contribution in [3.63, 3.8) is 0 Å². The molecule has 1 aliphatic rings. The molecule has 0 aliphatic heterocycles. The van der Waals surface area contributed by atoms with E-state index in [1.54, 1.807) is 0 Å². The Bertz CT molecular complexity index is 1150. The Morgan fingerprint density at radius 2 is 1.54 bits per heavy atom. The smallest absolute Gasteiger partial charge is 0.0754 e. The van der Waals surface area contributed by atoms with E-state index >= 15 is 0 Å². The van der Waals surface area contributed by atoms with Gasteiger partial charge in [0.2, 0.25) is 0 Å². The van der Waals surface area contributed by atoms with E-state index in [0.29, 0.717) is 5.02 Å². The van der Waals surface area contributed by atoms with Crippen LogP contribution in [0.5, 0.6) is 0 Å². The summed E-state index contributed by atoms with van der Waals surface area (Å²) in [4.78, 5) is 4.95. The number of aromatic nitrogens is 1. The fourth-order valence-electron chi connectivity index (χ4n) is 3.74. The van der Waals surface area contributed by atoms with Crippen LogP contribution in [0.2, 0.25) is 10.0 Å². The van der Waals surface area contributed by atoms with Gasteiger partial charge in [-0.1, -0.05) is 65.7 Å². The van der Waals surface area contributed by atoms with Crippen LogP contribution in [0.4, 0.5) is 0 Å². The Labute approximate surface area is 168 Å². The predicted molar refractivity (Wildman–Crippen MR) is 113 cm³/mol. The van der Waals surface area contributed by atoms with Crippen LogP contribution in [-0.2, 0) is 6.42 Å². The third-order valence-corrected chi connectivity index (χ3v) is 5.40. The third kappa shape index (κ3) is 2.59. The molecule has 4 heteroatoms. The lowest BCUT2D eigenvalue weighted by Crippen LogP contribution is -1.94. The highest BCUT2D eigenvalue weighted by Gasteiger charge is 2.25. The van der Waals surface area contributed by atoms with Crippen LogP contribution in [0.25, 0.3) is 33.3 Å². The summed E-state index contributed by atoms with van der Waals surface area (Å²) >= 11 is 12.9. The number of rotatable bonds is 1. The Morgan fingerprint density at radius 1 is 0.808 bits per heavy atom. The molecule has 0 unspecified atom stereocenters. The summed E-state index contributed by atoms with van der Waals surface area (Å²) in [5.74, 6) is 0. The van der Waals surface area contributed by atoms with Crippen LogP contribution in [0.15, 0.2) is 66.7 Å². The quantitative estimate of drug-likeness (QED) is 0.291. The first-order chi connectivity index (χ1) is 12.2. The molecule has 0 atom stereocenters. The molecule has 5 rings (SSSR count). The molecule has 1 aliphatic carbocycles. The topological polar surface area (TPSA) is 12.9 Å². The second-order valence-corrected chi connectivity index (χ2v) is 7.13. The van der Waals surface area contributed by atoms with Crippen molar-refractivity contribution in [1.29, 1.82) is 0 Å². The number of benzene rings is 3. The van der Waals surface area contributed by atoms with Crippen LogP contribution >= 0.6 is 35.6 Å². The van der Waals surface area contributed by atoms with Crippen molar-refractivity contribution < 1.29 is 0 Å². The van der Waals surface area contributed by atoms with E-state index in [-0.39, 0.29) is 12.4 Å². The van der Waals surface area contributed by atoms with Gasteiger partial charge in [0.15, 0.2) is 0 Å². The summed E-state index contributed by atoms with van der Waals surface area (Å²) in [6.45, 7) is 0. The zero-order valence-corrected chi connectivity index (χ0v) is 16.0. The average Bonchev–Trinajstić information content (AvgIpc) is 2.99. The van der Waals surface area contributed by atoms with Crippen molar-refractivity contribution in [2.45, 2.75) is 6.42 Å². The number of hydrogen-bond donors (Lipinski definition) is 0. The van der Waals surface area contributed by atoms with E-state index in [0.717, 1.165) is 39.2 Å². The first-order valence-corrected chi connectivity index (χ1v) is 8.93. The largest absolute Gasteiger partial charge is 0.247 e. The SMILES string of the molecule is Cl.Clc1ccc2nc3c(c(-c4ccccc4Cl)c2c1)Cc1ccccc1-3. The molecule has 0 saturated heterocycles. The van der Waals surface area contributed by atoms with Crippen molar-refractivity contribution in [2.75, 3.05) is 0 Å². The summed E-state index contributed by atoms with van der Waals surface area (Å²) in [6.07, 6.45) is 0.863. The number of halogens is 3. The van der Waals surface area contributed by atoms with Gasteiger partial charge in [0.05, 0.1) is 11.2 Å². The Hall–Kier alpha value is -2.06. The number of nitrogens with zero attached hydrogens (tertiary/aromatic N) is 1. The average molecular weight is 399 g/mol. The minimum atomic E-state index is 0. The molecule has 128 valence electrons. The van der Waals surface area contributed by atoms with Gasteiger partial charge in [-0.3, -0.25) is 0 Å². The van der Waals surface area contributed by atoms with Gasteiger partial charge in [-0.05, 0) is 41.0 Å². The maximum absolute atomic E-state index is 6.56. The first kappa shape index (κ1) is 17.4. The van der Waals surface area contributed by atoms with Crippen molar-refractivity contribution >= 4 is 46.5 Å². The molecule has 0 radical (unpaired) electrons. The summed E-state index contributed by atoms with van der Waals surface area (Å²) in [7, 11) is 0. The Balaban J connectivity index is 0.00000168. The monoisotopic (exact) mass is 397 g/mol. The standard InChI is InChI=1S/C22H13Cl2N.ClH/c23-14-9-10-20-17(12-14)21(16-7-3-4-8-19(16)24)18-11-13-5-1-2-6-15(13)22(18)25-20;/h1-10,12H,11H2;1H. The summed E-state index contributed by atoms with van der Waals surface area (Å²) in [6, 6.07) is 22.3. The van der Waals surface area contributed by atoms with Crippen LogP contribution < -0.4 is 0 Å². The van der Waals surface area contributed by atoms with Crippen molar-refractivity contribution in [2.24, 2.45) is 0 Å². The van der Waals surface area contributed by atoms with E-state index in [1.807, 2.05) is 36.4 Å². The predicted octanol–water partition coefficient (Wildman–Crippen LogP) is 7.20. The third-order valence-electron chi connectivity index (χ3n) is 4.83. The Morgan fingerprint density at radius 3 is 2.35 bits per heavy atom. The molecule has 1 nitrogen and oxygen atoms in total. The van der Waals surface area contributed by atoms with Crippen LogP contribution in [0, 0.1) is 0 Å². The van der Waals surface area contributed by atoms with Gasteiger partial charge >= 0.3 is 0 Å². The molecule has 0 amide bonds. The van der Waals surface area contributed by atoms with Crippen LogP contribution in [-0.4, -0.2) is 4.98 Å². The van der Waals surface area contributed by atoms with Crippen molar-refractivity contribution in [1.82, 2.24) is 4.98 Å². The molecule has 26 heavy (non-hydrogen) atoms. The van der Waals surface area contributed by atoms with Gasteiger partial charge in [0.25, 0.3) is 0 Å². The van der Waals surface area contributed by atoms with E-state index in [1.165, 1.54) is 16.7 Å². The van der Waals surface area contributed by atoms with E-state index < -0.39 is 0 Å². The maximum atomic E-state index is 6.56. The van der Waals surface area contributed by atoms with Crippen LogP contribution in [0.3, 0.4) is 0 Å². The second kappa shape index (κ2) is 6.59. The molecule has 1 aromatic heterocycles. The lowest BCUT2D eigenvalue weighted by molar-refractivity contribution is 1.25. The minimum absolute atomic E-state index is 0. The molecular formula is C22H14Cl3N. The normalized spacial score (nSPS) is 11.8. The highest BCUT2D eigenvalue weighted by molar-refractivity contribution is 6.34. The summed E-state index contributed by atoms with van der Waals surface area (Å²) in [5.41, 5.74) is 7.91. The highest BCUT2D eigenvalue weighted by atomic mass is 35.5. The van der Waals surface area contributed by atoms with Gasteiger partial charge in [-0.25, -0.2) is 4.98 Å². The van der Waals surface area contributed by atoms with Gasteiger partial charge < -0.3 is 0 Å². The van der Waals surface area contributed by atoms with Crippen LogP contribution in [0.1, 0.15) is 11.1 Å². The van der Waals surface area contributed by atoms with Gasteiger partial charge in [-0.2, -0.15) is 0 Å². The number of fused-ring (bicyclic) bond motifs is 4. The van der Waals surface area contributed by atoms with Gasteiger partial charge in [0.1, 0.15) is 0 Å².